The second-order valence-electron chi connectivity index (χ2n) is 6.33. The van der Waals surface area contributed by atoms with Crippen LogP contribution in [0, 0.1) is 0 Å². The molecule has 0 bridgehead atoms. The molecule has 142 valence electrons. The molecule has 2 aromatic rings. The molecule has 1 fully saturated rings. The third-order valence-electron chi connectivity index (χ3n) is 4.54. The lowest BCUT2D eigenvalue weighted by Crippen LogP contribution is -2.36. The van der Waals surface area contributed by atoms with Crippen LogP contribution in [0.1, 0.15) is 29.7 Å². The van der Waals surface area contributed by atoms with Crippen molar-refractivity contribution < 1.29 is 19.1 Å². The largest absolute Gasteiger partial charge is 0.496 e. The van der Waals surface area contributed by atoms with Gasteiger partial charge in [0, 0.05) is 42.8 Å². The maximum atomic E-state index is 12.9. The molecule has 1 aliphatic heterocycles. The van der Waals surface area contributed by atoms with Crippen LogP contribution in [0.4, 0.5) is 0 Å². The smallest absolute Gasteiger partial charge is 0.229 e. The summed E-state index contributed by atoms with van der Waals surface area (Å²) in [5.41, 5.74) is 0.915. The van der Waals surface area contributed by atoms with Gasteiger partial charge in [0.2, 0.25) is 17.7 Å². The first-order valence-corrected chi connectivity index (χ1v) is 9.71. The molecule has 3 amide bonds. The molecule has 0 unspecified atom stereocenters. The molecule has 27 heavy (non-hydrogen) atoms. The van der Waals surface area contributed by atoms with Crippen LogP contribution in [0.15, 0.2) is 41.8 Å². The van der Waals surface area contributed by atoms with Gasteiger partial charge in [-0.25, -0.2) is 0 Å². The summed E-state index contributed by atoms with van der Waals surface area (Å²) < 4.78 is 5.40. The number of hydrogen-bond acceptors (Lipinski definition) is 5. The SMILES string of the molecule is COc1ccccc1CN(Cc1cccs1)C(=O)CCN1C(=O)CCC1=O. The number of amides is 3. The van der Waals surface area contributed by atoms with Crippen molar-refractivity contribution in [3.8, 4) is 5.75 Å². The van der Waals surface area contributed by atoms with E-state index in [1.54, 1.807) is 23.3 Å². The Morgan fingerprint density at radius 1 is 1.11 bits per heavy atom. The highest BCUT2D eigenvalue weighted by Gasteiger charge is 2.29. The second kappa shape index (κ2) is 8.81. The number of para-hydroxylation sites is 1. The predicted octanol–water partition coefficient (Wildman–Crippen LogP) is 2.82. The lowest BCUT2D eigenvalue weighted by atomic mass is 10.1. The standard InChI is InChI=1S/C20H22N2O4S/c1-26-17-7-3-2-5-15(17)13-21(14-16-6-4-12-27-16)18(23)10-11-22-19(24)8-9-20(22)25/h2-7,12H,8-11,13-14H2,1H3. The molecule has 1 aromatic heterocycles. The lowest BCUT2D eigenvalue weighted by Gasteiger charge is -2.24. The number of methoxy groups -OCH3 is 1. The molecule has 0 spiro atoms. The van der Waals surface area contributed by atoms with Gasteiger partial charge in [-0.05, 0) is 17.5 Å². The van der Waals surface area contributed by atoms with Crippen LogP contribution < -0.4 is 4.74 Å². The quantitative estimate of drug-likeness (QED) is 0.655. The molecular weight excluding hydrogens is 364 g/mol. The lowest BCUT2D eigenvalue weighted by molar-refractivity contribution is -0.139. The zero-order valence-electron chi connectivity index (χ0n) is 15.2. The van der Waals surface area contributed by atoms with Crippen molar-refractivity contribution in [3.05, 3.63) is 52.2 Å². The molecule has 1 aromatic carbocycles. The number of ether oxygens (including phenoxy) is 1. The Bertz CT molecular complexity index is 803. The Balaban J connectivity index is 1.71. The molecule has 1 saturated heterocycles. The maximum absolute atomic E-state index is 12.9. The van der Waals surface area contributed by atoms with Crippen molar-refractivity contribution in [2.75, 3.05) is 13.7 Å². The zero-order valence-corrected chi connectivity index (χ0v) is 16.0. The van der Waals surface area contributed by atoms with Gasteiger partial charge in [0.05, 0.1) is 13.7 Å². The molecule has 0 radical (unpaired) electrons. The number of carbonyl (C=O) groups is 3. The number of benzene rings is 1. The Labute approximate surface area is 162 Å². The molecule has 7 heteroatoms. The summed E-state index contributed by atoms with van der Waals surface area (Å²) in [6.45, 7) is 1.03. The van der Waals surface area contributed by atoms with E-state index < -0.39 is 0 Å². The van der Waals surface area contributed by atoms with E-state index in [9.17, 15) is 14.4 Å². The average molecular weight is 386 g/mol. The molecule has 2 heterocycles. The minimum atomic E-state index is -0.192. The number of likely N-dealkylation sites (tertiary alicyclic amines) is 1. The van der Waals surface area contributed by atoms with E-state index in [1.165, 1.54) is 4.90 Å². The number of hydrogen-bond donors (Lipinski definition) is 0. The Morgan fingerprint density at radius 2 is 1.85 bits per heavy atom. The van der Waals surface area contributed by atoms with Crippen molar-refractivity contribution in [1.29, 1.82) is 0 Å². The van der Waals surface area contributed by atoms with E-state index in [0.717, 1.165) is 16.2 Å². The average Bonchev–Trinajstić information content (AvgIpc) is 3.30. The fraction of sp³-hybridized carbons (Fsp3) is 0.350. The minimum absolute atomic E-state index is 0.0955. The van der Waals surface area contributed by atoms with E-state index >= 15 is 0 Å². The van der Waals surface area contributed by atoms with Gasteiger partial charge in [0.15, 0.2) is 0 Å². The summed E-state index contributed by atoms with van der Waals surface area (Å²) >= 11 is 1.59. The summed E-state index contributed by atoms with van der Waals surface area (Å²) in [6.07, 6.45) is 0.609. The number of nitrogens with zero attached hydrogens (tertiary/aromatic N) is 2. The molecule has 6 nitrogen and oxygen atoms in total. The summed E-state index contributed by atoms with van der Waals surface area (Å²) in [5, 5.41) is 1.97. The first-order valence-electron chi connectivity index (χ1n) is 8.83. The Hall–Kier alpha value is -2.67. The van der Waals surface area contributed by atoms with E-state index in [1.807, 2.05) is 41.8 Å². The van der Waals surface area contributed by atoms with Gasteiger partial charge < -0.3 is 9.64 Å². The second-order valence-corrected chi connectivity index (χ2v) is 7.36. The van der Waals surface area contributed by atoms with Crippen LogP contribution >= 0.6 is 11.3 Å². The molecule has 0 N–H and O–H groups in total. The van der Waals surface area contributed by atoms with Crippen molar-refractivity contribution in [2.45, 2.75) is 32.4 Å². The predicted molar refractivity (Wildman–Crippen MR) is 102 cm³/mol. The van der Waals surface area contributed by atoms with Crippen molar-refractivity contribution in [3.63, 3.8) is 0 Å². The number of rotatable bonds is 8. The summed E-state index contributed by atoms with van der Waals surface area (Å²) in [7, 11) is 1.61. The van der Waals surface area contributed by atoms with Crippen molar-refractivity contribution in [2.24, 2.45) is 0 Å². The maximum Gasteiger partial charge on any atom is 0.229 e. The first-order chi connectivity index (χ1) is 13.1. The van der Waals surface area contributed by atoms with Gasteiger partial charge in [-0.1, -0.05) is 24.3 Å². The third kappa shape index (κ3) is 4.74. The Kier molecular flexibility index (Phi) is 6.24. The van der Waals surface area contributed by atoms with Crippen LogP contribution in [0.5, 0.6) is 5.75 Å². The molecule has 0 saturated carbocycles. The fourth-order valence-corrected chi connectivity index (χ4v) is 3.82. The number of thiophene rings is 1. The highest BCUT2D eigenvalue weighted by molar-refractivity contribution is 7.09. The van der Waals surface area contributed by atoms with Crippen LogP contribution in [-0.2, 0) is 27.5 Å². The summed E-state index contributed by atoms with van der Waals surface area (Å²) in [4.78, 5) is 40.4. The monoisotopic (exact) mass is 386 g/mol. The van der Waals surface area contributed by atoms with Crippen LogP contribution in [0.25, 0.3) is 0 Å². The van der Waals surface area contributed by atoms with Gasteiger partial charge in [0.1, 0.15) is 5.75 Å². The third-order valence-corrected chi connectivity index (χ3v) is 5.40. The highest BCUT2D eigenvalue weighted by atomic mass is 32.1. The highest BCUT2D eigenvalue weighted by Crippen LogP contribution is 2.22. The Morgan fingerprint density at radius 3 is 2.52 bits per heavy atom. The van der Waals surface area contributed by atoms with Crippen molar-refractivity contribution in [1.82, 2.24) is 9.80 Å². The van der Waals surface area contributed by atoms with Crippen LogP contribution in [0.2, 0.25) is 0 Å². The van der Waals surface area contributed by atoms with Gasteiger partial charge in [-0.15, -0.1) is 11.3 Å². The molecule has 1 aliphatic rings. The van der Waals surface area contributed by atoms with Gasteiger partial charge in [0.25, 0.3) is 0 Å². The van der Waals surface area contributed by atoms with Gasteiger partial charge in [-0.3, -0.25) is 19.3 Å². The van der Waals surface area contributed by atoms with E-state index in [4.69, 9.17) is 4.74 Å². The zero-order chi connectivity index (χ0) is 19.2. The summed E-state index contributed by atoms with van der Waals surface area (Å²) in [6, 6.07) is 11.5. The van der Waals surface area contributed by atoms with Crippen LogP contribution in [0.3, 0.4) is 0 Å². The molecule has 0 atom stereocenters. The van der Waals surface area contributed by atoms with E-state index in [2.05, 4.69) is 0 Å². The molecule has 3 rings (SSSR count). The molecular formula is C20H22N2O4S. The van der Waals surface area contributed by atoms with Gasteiger partial charge >= 0.3 is 0 Å². The number of carbonyl (C=O) groups excluding carboxylic acids is 3. The molecule has 0 aliphatic carbocycles. The van der Waals surface area contributed by atoms with Gasteiger partial charge in [-0.2, -0.15) is 0 Å². The topological polar surface area (TPSA) is 66.9 Å². The van der Waals surface area contributed by atoms with Crippen LogP contribution in [-0.4, -0.2) is 41.2 Å². The normalized spacial score (nSPS) is 13.9. The van der Waals surface area contributed by atoms with E-state index in [-0.39, 0.29) is 43.5 Å². The fourth-order valence-electron chi connectivity index (χ4n) is 3.10. The first kappa shape index (κ1) is 19.1. The van der Waals surface area contributed by atoms with E-state index in [0.29, 0.717) is 13.1 Å². The number of imide groups is 1. The van der Waals surface area contributed by atoms with Crippen molar-refractivity contribution >= 4 is 29.1 Å². The minimum Gasteiger partial charge on any atom is -0.496 e. The summed E-state index contributed by atoms with van der Waals surface area (Å²) in [5.74, 6) is 0.248.